The minimum Gasteiger partial charge on any atom is -0.341 e. The number of carbonyl (C=O) groups is 1. The minimum absolute atomic E-state index is 0.0253. The molecule has 1 saturated heterocycles. The zero-order valence-corrected chi connectivity index (χ0v) is 14.1. The molecule has 2 aromatic heterocycles. The van der Waals surface area contributed by atoms with Crippen molar-refractivity contribution in [3.8, 4) is 5.69 Å². The SMILES string of the molecule is Cc1ccc(-n2ncc3c(=O)n(CC(=O)N4CCCC4)cnc32)cc1. The second kappa shape index (κ2) is 6.16. The Bertz CT molecular complexity index is 981. The fourth-order valence-corrected chi connectivity index (χ4v) is 3.15. The Morgan fingerprint density at radius 3 is 2.60 bits per heavy atom. The van der Waals surface area contributed by atoms with Crippen molar-refractivity contribution in [3.05, 3.63) is 52.7 Å². The highest BCUT2D eigenvalue weighted by atomic mass is 16.2. The Labute approximate surface area is 144 Å². The van der Waals surface area contributed by atoms with Gasteiger partial charge in [0.15, 0.2) is 5.65 Å². The van der Waals surface area contributed by atoms with E-state index in [1.807, 2.05) is 31.2 Å². The molecule has 0 atom stereocenters. The maximum Gasteiger partial charge on any atom is 0.264 e. The van der Waals surface area contributed by atoms with Crippen LogP contribution in [-0.2, 0) is 11.3 Å². The number of amides is 1. The van der Waals surface area contributed by atoms with E-state index < -0.39 is 0 Å². The van der Waals surface area contributed by atoms with E-state index in [2.05, 4.69) is 10.1 Å². The van der Waals surface area contributed by atoms with Crippen molar-refractivity contribution in [1.29, 1.82) is 0 Å². The number of likely N-dealkylation sites (tertiary alicyclic amines) is 1. The monoisotopic (exact) mass is 337 g/mol. The van der Waals surface area contributed by atoms with Gasteiger partial charge < -0.3 is 4.90 Å². The molecular weight excluding hydrogens is 318 g/mol. The predicted molar refractivity (Wildman–Crippen MR) is 93.7 cm³/mol. The highest BCUT2D eigenvalue weighted by molar-refractivity contribution is 5.78. The zero-order chi connectivity index (χ0) is 17.4. The summed E-state index contributed by atoms with van der Waals surface area (Å²) in [4.78, 5) is 31.1. The Morgan fingerprint density at radius 2 is 1.88 bits per heavy atom. The summed E-state index contributed by atoms with van der Waals surface area (Å²) in [5.41, 5.74) is 2.25. The average molecular weight is 337 g/mol. The molecule has 25 heavy (non-hydrogen) atoms. The molecule has 1 amide bonds. The number of aromatic nitrogens is 4. The van der Waals surface area contributed by atoms with Crippen LogP contribution in [0.3, 0.4) is 0 Å². The van der Waals surface area contributed by atoms with Crippen LogP contribution in [0.2, 0.25) is 0 Å². The van der Waals surface area contributed by atoms with E-state index in [-0.39, 0.29) is 18.0 Å². The van der Waals surface area contributed by atoms with Gasteiger partial charge in [0.2, 0.25) is 5.91 Å². The lowest BCUT2D eigenvalue weighted by Gasteiger charge is -2.15. The smallest absolute Gasteiger partial charge is 0.264 e. The summed E-state index contributed by atoms with van der Waals surface area (Å²) >= 11 is 0. The standard InChI is InChI=1S/C18H19N5O2/c1-13-4-6-14(7-5-13)23-17-15(10-20-23)18(25)22(12-19-17)11-16(24)21-8-2-3-9-21/h4-7,10,12H,2-3,8-9,11H2,1H3. The number of rotatable bonds is 3. The molecule has 1 aliphatic rings. The molecule has 1 aromatic carbocycles. The lowest BCUT2D eigenvalue weighted by Crippen LogP contribution is -2.34. The van der Waals surface area contributed by atoms with Gasteiger partial charge in [-0.05, 0) is 31.9 Å². The number of fused-ring (bicyclic) bond motifs is 1. The first-order valence-corrected chi connectivity index (χ1v) is 8.41. The van der Waals surface area contributed by atoms with Gasteiger partial charge in [-0.25, -0.2) is 9.67 Å². The van der Waals surface area contributed by atoms with Crippen LogP contribution in [0, 0.1) is 6.92 Å². The van der Waals surface area contributed by atoms with Gasteiger partial charge in [-0.3, -0.25) is 14.2 Å². The van der Waals surface area contributed by atoms with Crippen molar-refractivity contribution >= 4 is 16.9 Å². The highest BCUT2D eigenvalue weighted by Crippen LogP contribution is 2.14. The molecule has 1 fully saturated rings. The Balaban J connectivity index is 1.68. The molecule has 0 aliphatic carbocycles. The van der Waals surface area contributed by atoms with E-state index in [0.29, 0.717) is 11.0 Å². The molecule has 0 spiro atoms. The van der Waals surface area contributed by atoms with Crippen molar-refractivity contribution in [1.82, 2.24) is 24.2 Å². The van der Waals surface area contributed by atoms with E-state index in [1.165, 1.54) is 17.1 Å². The lowest BCUT2D eigenvalue weighted by atomic mass is 10.2. The second-order valence-electron chi connectivity index (χ2n) is 6.39. The van der Waals surface area contributed by atoms with Crippen molar-refractivity contribution in [2.75, 3.05) is 13.1 Å². The Kier molecular flexibility index (Phi) is 3.83. The summed E-state index contributed by atoms with van der Waals surface area (Å²) in [6, 6.07) is 7.84. The quantitative estimate of drug-likeness (QED) is 0.726. The maximum absolute atomic E-state index is 12.7. The molecule has 0 N–H and O–H groups in total. The fourth-order valence-electron chi connectivity index (χ4n) is 3.15. The Hall–Kier alpha value is -2.96. The summed E-state index contributed by atoms with van der Waals surface area (Å²) in [7, 11) is 0. The first-order chi connectivity index (χ1) is 12.1. The van der Waals surface area contributed by atoms with Crippen LogP contribution >= 0.6 is 0 Å². The fraction of sp³-hybridized carbons (Fsp3) is 0.333. The second-order valence-corrected chi connectivity index (χ2v) is 6.39. The number of hydrogen-bond acceptors (Lipinski definition) is 4. The third-order valence-corrected chi connectivity index (χ3v) is 4.60. The van der Waals surface area contributed by atoms with Gasteiger partial charge in [-0.2, -0.15) is 5.10 Å². The molecule has 7 heteroatoms. The molecule has 4 rings (SSSR count). The molecular formula is C18H19N5O2. The molecule has 7 nitrogen and oxygen atoms in total. The molecule has 1 aliphatic heterocycles. The van der Waals surface area contributed by atoms with Gasteiger partial charge >= 0.3 is 0 Å². The average Bonchev–Trinajstić information content (AvgIpc) is 3.28. The Morgan fingerprint density at radius 1 is 1.16 bits per heavy atom. The third-order valence-electron chi connectivity index (χ3n) is 4.60. The molecule has 0 saturated carbocycles. The number of aryl methyl sites for hydroxylation is 1. The lowest BCUT2D eigenvalue weighted by molar-refractivity contribution is -0.130. The largest absolute Gasteiger partial charge is 0.341 e. The van der Waals surface area contributed by atoms with Crippen molar-refractivity contribution in [2.45, 2.75) is 26.3 Å². The summed E-state index contributed by atoms with van der Waals surface area (Å²) in [5.74, 6) is -0.0355. The normalized spacial score (nSPS) is 14.4. The van der Waals surface area contributed by atoms with Gasteiger partial charge in [0, 0.05) is 13.1 Å². The van der Waals surface area contributed by atoms with Crippen LogP contribution in [0.5, 0.6) is 0 Å². The van der Waals surface area contributed by atoms with Gasteiger partial charge in [-0.15, -0.1) is 0 Å². The zero-order valence-electron chi connectivity index (χ0n) is 14.1. The van der Waals surface area contributed by atoms with Crippen LogP contribution in [0.4, 0.5) is 0 Å². The van der Waals surface area contributed by atoms with Gasteiger partial charge in [-0.1, -0.05) is 17.7 Å². The summed E-state index contributed by atoms with van der Waals surface area (Å²) < 4.78 is 3.01. The van der Waals surface area contributed by atoms with Gasteiger partial charge in [0.05, 0.1) is 11.9 Å². The molecule has 0 bridgehead atoms. The number of hydrogen-bond donors (Lipinski definition) is 0. The summed E-state index contributed by atoms with van der Waals surface area (Å²) in [6.07, 6.45) is 5.01. The number of benzene rings is 1. The van der Waals surface area contributed by atoms with E-state index in [4.69, 9.17) is 0 Å². The molecule has 0 radical (unpaired) electrons. The first kappa shape index (κ1) is 15.6. The number of carbonyl (C=O) groups excluding carboxylic acids is 1. The van der Waals surface area contributed by atoms with Crippen molar-refractivity contribution in [2.24, 2.45) is 0 Å². The van der Waals surface area contributed by atoms with Crippen molar-refractivity contribution in [3.63, 3.8) is 0 Å². The van der Waals surface area contributed by atoms with E-state index in [0.717, 1.165) is 37.2 Å². The maximum atomic E-state index is 12.7. The van der Waals surface area contributed by atoms with Crippen LogP contribution in [0.1, 0.15) is 18.4 Å². The summed E-state index contributed by atoms with van der Waals surface area (Å²) in [5, 5.41) is 4.71. The van der Waals surface area contributed by atoms with Crippen molar-refractivity contribution < 1.29 is 4.79 Å². The molecule has 128 valence electrons. The number of nitrogens with zero attached hydrogens (tertiary/aromatic N) is 5. The van der Waals surface area contributed by atoms with E-state index in [9.17, 15) is 9.59 Å². The predicted octanol–water partition coefficient (Wildman–Crippen LogP) is 1.51. The highest BCUT2D eigenvalue weighted by Gasteiger charge is 2.19. The molecule has 3 aromatic rings. The topological polar surface area (TPSA) is 73.0 Å². The van der Waals surface area contributed by atoms with Crippen LogP contribution in [0.25, 0.3) is 16.7 Å². The van der Waals surface area contributed by atoms with Gasteiger partial charge in [0.1, 0.15) is 18.3 Å². The summed E-state index contributed by atoms with van der Waals surface area (Å²) in [6.45, 7) is 3.58. The van der Waals surface area contributed by atoms with Gasteiger partial charge in [0.25, 0.3) is 5.56 Å². The first-order valence-electron chi connectivity index (χ1n) is 8.41. The molecule has 3 heterocycles. The minimum atomic E-state index is -0.240. The van der Waals surface area contributed by atoms with Crippen LogP contribution < -0.4 is 5.56 Å². The third kappa shape index (κ3) is 2.82. The molecule has 0 unspecified atom stereocenters. The van der Waals surface area contributed by atoms with Crippen LogP contribution in [0.15, 0.2) is 41.6 Å². The van der Waals surface area contributed by atoms with Crippen LogP contribution in [-0.4, -0.2) is 43.2 Å². The van der Waals surface area contributed by atoms with E-state index >= 15 is 0 Å². The van der Waals surface area contributed by atoms with E-state index in [1.54, 1.807) is 9.58 Å².